The quantitative estimate of drug-likeness (QED) is 0.902. The molecule has 2 amide bonds. The Morgan fingerprint density at radius 1 is 1.45 bits per heavy atom. The molecule has 1 saturated heterocycles. The van der Waals surface area contributed by atoms with Gasteiger partial charge in [0.25, 0.3) is 0 Å². The van der Waals surface area contributed by atoms with E-state index in [-0.39, 0.29) is 30.2 Å². The van der Waals surface area contributed by atoms with E-state index in [2.05, 4.69) is 11.4 Å². The van der Waals surface area contributed by atoms with Crippen LogP contribution >= 0.6 is 0 Å². The van der Waals surface area contributed by atoms with Crippen LogP contribution in [0.15, 0.2) is 18.2 Å². The highest BCUT2D eigenvalue weighted by Gasteiger charge is 2.35. The van der Waals surface area contributed by atoms with E-state index < -0.39 is 0 Å². The maximum absolute atomic E-state index is 12.3. The van der Waals surface area contributed by atoms with E-state index in [1.807, 2.05) is 32.9 Å². The van der Waals surface area contributed by atoms with Crippen molar-refractivity contribution in [2.24, 2.45) is 5.92 Å². The first-order valence-corrected chi connectivity index (χ1v) is 7.59. The van der Waals surface area contributed by atoms with Crippen molar-refractivity contribution in [3.05, 3.63) is 29.3 Å². The summed E-state index contributed by atoms with van der Waals surface area (Å²) in [7, 11) is 1.60. The van der Waals surface area contributed by atoms with E-state index in [9.17, 15) is 9.59 Å². The Morgan fingerprint density at radius 3 is 2.82 bits per heavy atom. The van der Waals surface area contributed by atoms with E-state index in [1.165, 1.54) is 0 Å². The lowest BCUT2D eigenvalue weighted by Crippen LogP contribution is -2.40. The lowest BCUT2D eigenvalue weighted by atomic mass is 10.1. The minimum Gasteiger partial charge on any atom is -0.383 e. The number of aryl methyl sites for hydroxylation is 2. The summed E-state index contributed by atoms with van der Waals surface area (Å²) in [6.45, 7) is 6.81. The van der Waals surface area contributed by atoms with Gasteiger partial charge in [0.2, 0.25) is 11.8 Å². The second-order valence-corrected chi connectivity index (χ2v) is 6.06. The fraction of sp³-hybridized carbons (Fsp3) is 0.529. The maximum Gasteiger partial charge on any atom is 0.227 e. The molecule has 0 aliphatic carbocycles. The van der Waals surface area contributed by atoms with Crippen molar-refractivity contribution >= 4 is 17.5 Å². The van der Waals surface area contributed by atoms with Gasteiger partial charge in [-0.25, -0.2) is 0 Å². The minimum absolute atomic E-state index is 0.00602. The predicted octanol–water partition coefficient (Wildman–Crippen LogP) is 1.81. The van der Waals surface area contributed by atoms with Crippen LogP contribution in [0, 0.1) is 19.8 Å². The molecule has 2 atom stereocenters. The third kappa shape index (κ3) is 3.65. The second kappa shape index (κ2) is 6.92. The molecule has 1 aromatic rings. The number of rotatable bonds is 5. The number of ether oxygens (including phenoxy) is 1. The molecule has 0 bridgehead atoms. The third-order valence-corrected chi connectivity index (χ3v) is 3.94. The van der Waals surface area contributed by atoms with Gasteiger partial charge < -0.3 is 15.0 Å². The van der Waals surface area contributed by atoms with Gasteiger partial charge in [-0.2, -0.15) is 0 Å². The molecule has 1 fully saturated rings. The van der Waals surface area contributed by atoms with Gasteiger partial charge in [0.1, 0.15) is 0 Å². The highest BCUT2D eigenvalue weighted by atomic mass is 16.5. The summed E-state index contributed by atoms with van der Waals surface area (Å²) in [5, 5.41) is 2.90. The van der Waals surface area contributed by atoms with Crippen LogP contribution < -0.4 is 10.2 Å². The Morgan fingerprint density at radius 2 is 2.18 bits per heavy atom. The van der Waals surface area contributed by atoms with Gasteiger partial charge in [-0.3, -0.25) is 9.59 Å². The van der Waals surface area contributed by atoms with Crippen LogP contribution in [0.4, 0.5) is 5.69 Å². The molecule has 0 spiro atoms. The topological polar surface area (TPSA) is 58.6 Å². The summed E-state index contributed by atoms with van der Waals surface area (Å²) in [4.78, 5) is 26.2. The minimum atomic E-state index is -0.299. The van der Waals surface area contributed by atoms with E-state index in [1.54, 1.807) is 12.0 Å². The van der Waals surface area contributed by atoms with Crippen molar-refractivity contribution in [1.29, 1.82) is 0 Å². The molecule has 5 heteroatoms. The lowest BCUT2D eigenvalue weighted by molar-refractivity contribution is -0.127. The van der Waals surface area contributed by atoms with Crippen LogP contribution in [0.2, 0.25) is 0 Å². The van der Waals surface area contributed by atoms with Crippen molar-refractivity contribution in [2.75, 3.05) is 25.2 Å². The van der Waals surface area contributed by atoms with Gasteiger partial charge in [-0.05, 0) is 32.4 Å². The van der Waals surface area contributed by atoms with Crippen LogP contribution in [0.5, 0.6) is 0 Å². The van der Waals surface area contributed by atoms with E-state index in [4.69, 9.17) is 4.74 Å². The number of amides is 2. The zero-order valence-corrected chi connectivity index (χ0v) is 13.7. The second-order valence-electron chi connectivity index (χ2n) is 6.06. The molecule has 0 aromatic heterocycles. The Bertz CT molecular complexity index is 571. The average molecular weight is 304 g/mol. The molecular weight excluding hydrogens is 280 g/mol. The molecule has 1 aromatic carbocycles. The first-order valence-electron chi connectivity index (χ1n) is 7.59. The first kappa shape index (κ1) is 16.5. The van der Waals surface area contributed by atoms with Gasteiger partial charge in [-0.15, -0.1) is 0 Å². The van der Waals surface area contributed by atoms with Crippen LogP contribution in [-0.4, -0.2) is 38.1 Å². The van der Waals surface area contributed by atoms with Crippen molar-refractivity contribution in [3.8, 4) is 0 Å². The largest absolute Gasteiger partial charge is 0.383 e. The zero-order valence-electron chi connectivity index (χ0n) is 13.7. The van der Waals surface area contributed by atoms with Gasteiger partial charge in [0.15, 0.2) is 0 Å². The first-order chi connectivity index (χ1) is 10.4. The SMILES string of the molecule is COCC(C)NC(=O)C1CC(=O)N(c2ccc(C)cc2C)C1. The lowest BCUT2D eigenvalue weighted by Gasteiger charge is -2.20. The van der Waals surface area contributed by atoms with E-state index in [0.717, 1.165) is 16.8 Å². The van der Waals surface area contributed by atoms with Crippen LogP contribution in [-0.2, 0) is 14.3 Å². The molecule has 1 aliphatic heterocycles. The molecule has 1 aliphatic rings. The number of hydrogen-bond acceptors (Lipinski definition) is 3. The number of benzene rings is 1. The summed E-state index contributed by atoms with van der Waals surface area (Å²) < 4.78 is 5.01. The van der Waals surface area contributed by atoms with Crippen LogP contribution in [0.3, 0.4) is 0 Å². The van der Waals surface area contributed by atoms with Gasteiger partial charge in [0.05, 0.1) is 12.5 Å². The Hall–Kier alpha value is -1.88. The smallest absolute Gasteiger partial charge is 0.227 e. The number of nitrogens with zero attached hydrogens (tertiary/aromatic N) is 1. The molecule has 0 radical (unpaired) electrons. The molecule has 2 unspecified atom stereocenters. The number of carbonyl (C=O) groups is 2. The van der Waals surface area contributed by atoms with Crippen molar-refractivity contribution < 1.29 is 14.3 Å². The fourth-order valence-electron chi connectivity index (χ4n) is 2.88. The van der Waals surface area contributed by atoms with Crippen molar-refractivity contribution in [1.82, 2.24) is 5.32 Å². The number of anilines is 1. The van der Waals surface area contributed by atoms with Gasteiger partial charge in [0, 0.05) is 31.8 Å². The van der Waals surface area contributed by atoms with Gasteiger partial charge in [-0.1, -0.05) is 17.7 Å². The molecule has 1 heterocycles. The number of carbonyl (C=O) groups excluding carboxylic acids is 2. The summed E-state index contributed by atoms with van der Waals surface area (Å²) >= 11 is 0. The summed E-state index contributed by atoms with van der Waals surface area (Å²) in [6, 6.07) is 5.94. The Kier molecular flexibility index (Phi) is 5.19. The van der Waals surface area contributed by atoms with Crippen molar-refractivity contribution in [3.63, 3.8) is 0 Å². The predicted molar refractivity (Wildman–Crippen MR) is 85.9 cm³/mol. The maximum atomic E-state index is 12.3. The summed E-state index contributed by atoms with van der Waals surface area (Å²) in [5.41, 5.74) is 3.12. The average Bonchev–Trinajstić information content (AvgIpc) is 2.81. The summed E-state index contributed by atoms with van der Waals surface area (Å²) in [5.74, 6) is -0.371. The fourth-order valence-corrected chi connectivity index (χ4v) is 2.88. The molecule has 5 nitrogen and oxygen atoms in total. The van der Waals surface area contributed by atoms with E-state index >= 15 is 0 Å². The monoisotopic (exact) mass is 304 g/mol. The van der Waals surface area contributed by atoms with Crippen molar-refractivity contribution in [2.45, 2.75) is 33.2 Å². The molecule has 22 heavy (non-hydrogen) atoms. The van der Waals surface area contributed by atoms with Crippen LogP contribution in [0.25, 0.3) is 0 Å². The molecule has 120 valence electrons. The molecule has 0 saturated carbocycles. The molecule has 2 rings (SSSR count). The highest BCUT2D eigenvalue weighted by molar-refractivity contribution is 6.00. The third-order valence-electron chi connectivity index (χ3n) is 3.94. The molecule has 1 N–H and O–H groups in total. The summed E-state index contributed by atoms with van der Waals surface area (Å²) in [6.07, 6.45) is 0.263. The highest BCUT2D eigenvalue weighted by Crippen LogP contribution is 2.28. The number of methoxy groups -OCH3 is 1. The zero-order chi connectivity index (χ0) is 16.3. The molecular formula is C17H24N2O3. The normalized spacial score (nSPS) is 19.4. The Labute approximate surface area is 131 Å². The van der Waals surface area contributed by atoms with Crippen LogP contribution in [0.1, 0.15) is 24.5 Å². The number of hydrogen-bond donors (Lipinski definition) is 1. The number of nitrogens with one attached hydrogen (secondary N) is 1. The Balaban J connectivity index is 2.06. The standard InChI is InChI=1S/C17H24N2O3/c1-11-5-6-15(12(2)7-11)19-9-14(8-16(19)20)17(21)18-13(3)10-22-4/h5-7,13-14H,8-10H2,1-4H3,(H,18,21). The van der Waals surface area contributed by atoms with E-state index in [0.29, 0.717) is 13.2 Å². The van der Waals surface area contributed by atoms with Gasteiger partial charge >= 0.3 is 0 Å².